The SMILES string of the molecule is Cc1nc(-c2cccnc2)sc1-c1nc2c(s1)N(C)CCC2=NOC(C)C. The first-order valence-electron chi connectivity index (χ1n) is 8.86. The van der Waals surface area contributed by atoms with Gasteiger partial charge < -0.3 is 9.74 Å². The van der Waals surface area contributed by atoms with Crippen LogP contribution >= 0.6 is 22.7 Å². The Bertz CT molecular complexity index is 977. The van der Waals surface area contributed by atoms with Gasteiger partial charge in [0.1, 0.15) is 32.5 Å². The second kappa shape index (κ2) is 7.36. The molecule has 4 rings (SSSR count). The molecule has 1 aliphatic rings. The zero-order chi connectivity index (χ0) is 19.0. The standard InChI is InChI=1S/C19H21N5OS2/c1-11(2)25-23-14-7-9-24(4)19-15(14)22-18(27-19)16-12(3)21-17(26-16)13-6-5-8-20-10-13/h5-6,8,10-11H,7,9H2,1-4H3. The summed E-state index contributed by atoms with van der Waals surface area (Å²) < 4.78 is 0. The highest BCUT2D eigenvalue weighted by molar-refractivity contribution is 7.25. The summed E-state index contributed by atoms with van der Waals surface area (Å²) in [7, 11) is 2.10. The topological polar surface area (TPSA) is 63.5 Å². The zero-order valence-electron chi connectivity index (χ0n) is 15.8. The van der Waals surface area contributed by atoms with Crippen LogP contribution in [0.25, 0.3) is 20.5 Å². The molecule has 0 fully saturated rings. The van der Waals surface area contributed by atoms with Crippen molar-refractivity contribution >= 4 is 33.4 Å². The Morgan fingerprint density at radius 3 is 2.81 bits per heavy atom. The lowest BCUT2D eigenvalue weighted by Gasteiger charge is -2.23. The second-order valence-corrected chi connectivity index (χ2v) is 8.69. The summed E-state index contributed by atoms with van der Waals surface area (Å²) >= 11 is 3.35. The molecule has 1 aliphatic heterocycles. The molecule has 0 radical (unpaired) electrons. The number of nitrogens with zero attached hydrogens (tertiary/aromatic N) is 5. The van der Waals surface area contributed by atoms with Gasteiger partial charge >= 0.3 is 0 Å². The van der Waals surface area contributed by atoms with Crippen molar-refractivity contribution in [2.75, 3.05) is 18.5 Å². The van der Waals surface area contributed by atoms with Gasteiger partial charge in [0, 0.05) is 38.0 Å². The fraction of sp³-hybridized carbons (Fsp3) is 0.368. The summed E-state index contributed by atoms with van der Waals surface area (Å²) in [4.78, 5) is 22.7. The highest BCUT2D eigenvalue weighted by Gasteiger charge is 2.27. The maximum Gasteiger partial charge on any atom is 0.138 e. The Morgan fingerprint density at radius 2 is 2.07 bits per heavy atom. The number of aromatic nitrogens is 3. The predicted octanol–water partition coefficient (Wildman–Crippen LogP) is 4.61. The van der Waals surface area contributed by atoms with E-state index in [0.29, 0.717) is 0 Å². The van der Waals surface area contributed by atoms with Crippen LogP contribution in [0.1, 0.15) is 31.7 Å². The molecule has 0 atom stereocenters. The van der Waals surface area contributed by atoms with E-state index in [1.807, 2.05) is 39.1 Å². The molecule has 6 nitrogen and oxygen atoms in total. The first kappa shape index (κ1) is 18.1. The minimum atomic E-state index is 0.0597. The molecule has 0 aromatic carbocycles. The molecule has 27 heavy (non-hydrogen) atoms. The van der Waals surface area contributed by atoms with Crippen molar-refractivity contribution in [3.8, 4) is 20.5 Å². The van der Waals surface area contributed by atoms with E-state index in [1.165, 1.54) is 0 Å². The van der Waals surface area contributed by atoms with Gasteiger partial charge in [-0.25, -0.2) is 9.97 Å². The van der Waals surface area contributed by atoms with Crippen LogP contribution in [0, 0.1) is 6.92 Å². The maximum atomic E-state index is 5.49. The third-order valence-corrected chi connectivity index (χ3v) is 6.72. The molecular formula is C19H21N5OS2. The van der Waals surface area contributed by atoms with Crippen LogP contribution in [0.3, 0.4) is 0 Å². The molecule has 0 saturated carbocycles. The van der Waals surface area contributed by atoms with Crippen LogP contribution in [-0.4, -0.2) is 40.4 Å². The monoisotopic (exact) mass is 399 g/mol. The van der Waals surface area contributed by atoms with E-state index < -0.39 is 0 Å². The van der Waals surface area contributed by atoms with Crippen LogP contribution in [0.5, 0.6) is 0 Å². The Balaban J connectivity index is 1.73. The summed E-state index contributed by atoms with van der Waals surface area (Å²) in [5, 5.41) is 7.44. The number of oxime groups is 1. The average Bonchev–Trinajstić information content (AvgIpc) is 3.26. The number of rotatable bonds is 4. The zero-order valence-corrected chi connectivity index (χ0v) is 17.4. The highest BCUT2D eigenvalue weighted by Crippen LogP contribution is 2.42. The molecule has 0 saturated heterocycles. The molecule has 3 aromatic rings. The van der Waals surface area contributed by atoms with Crippen LogP contribution in [0.4, 0.5) is 5.00 Å². The molecule has 8 heteroatoms. The summed E-state index contributed by atoms with van der Waals surface area (Å²) in [5.41, 5.74) is 3.88. The average molecular weight is 400 g/mol. The molecular weight excluding hydrogens is 378 g/mol. The second-order valence-electron chi connectivity index (χ2n) is 6.71. The van der Waals surface area contributed by atoms with Crippen LogP contribution in [0.15, 0.2) is 29.7 Å². The molecule has 3 aromatic heterocycles. The van der Waals surface area contributed by atoms with Crippen LogP contribution in [-0.2, 0) is 4.84 Å². The molecule has 0 bridgehead atoms. The molecule has 0 spiro atoms. The summed E-state index contributed by atoms with van der Waals surface area (Å²) in [6, 6.07) is 3.96. The van der Waals surface area contributed by atoms with Crippen LogP contribution in [0.2, 0.25) is 0 Å². The van der Waals surface area contributed by atoms with E-state index >= 15 is 0 Å². The van der Waals surface area contributed by atoms with E-state index in [9.17, 15) is 0 Å². The summed E-state index contributed by atoms with van der Waals surface area (Å²) in [6.07, 6.45) is 4.51. The quantitative estimate of drug-likeness (QED) is 0.600. The van der Waals surface area contributed by atoms with E-state index in [0.717, 1.165) is 55.5 Å². The van der Waals surface area contributed by atoms with Crippen molar-refractivity contribution in [2.45, 2.75) is 33.3 Å². The lowest BCUT2D eigenvalue weighted by Crippen LogP contribution is -2.28. The minimum absolute atomic E-state index is 0.0597. The van der Waals surface area contributed by atoms with Crippen molar-refractivity contribution < 1.29 is 4.84 Å². The molecule has 4 heterocycles. The maximum absolute atomic E-state index is 5.49. The van der Waals surface area contributed by atoms with Gasteiger partial charge in [-0.1, -0.05) is 16.5 Å². The lowest BCUT2D eigenvalue weighted by molar-refractivity contribution is 0.0855. The number of thiazole rings is 2. The third kappa shape index (κ3) is 3.59. The number of fused-ring (bicyclic) bond motifs is 1. The van der Waals surface area contributed by atoms with Gasteiger partial charge in [0.15, 0.2) is 0 Å². The van der Waals surface area contributed by atoms with Gasteiger partial charge in [-0.05, 0) is 32.9 Å². The van der Waals surface area contributed by atoms with Gasteiger partial charge in [0.05, 0.1) is 10.6 Å². The van der Waals surface area contributed by atoms with Crippen molar-refractivity contribution in [3.05, 3.63) is 35.9 Å². The van der Waals surface area contributed by atoms with Gasteiger partial charge in [-0.2, -0.15) is 0 Å². The van der Waals surface area contributed by atoms with Gasteiger partial charge in [-0.15, -0.1) is 11.3 Å². The smallest absolute Gasteiger partial charge is 0.138 e. The van der Waals surface area contributed by atoms with Crippen molar-refractivity contribution in [2.24, 2.45) is 5.16 Å². The van der Waals surface area contributed by atoms with E-state index in [1.54, 1.807) is 28.9 Å². The normalized spacial score (nSPS) is 15.4. The van der Waals surface area contributed by atoms with Crippen molar-refractivity contribution in [1.29, 1.82) is 0 Å². The first-order chi connectivity index (χ1) is 13.0. The summed E-state index contributed by atoms with van der Waals surface area (Å²) in [6.45, 7) is 6.91. The summed E-state index contributed by atoms with van der Waals surface area (Å²) in [5.74, 6) is 0. The molecule has 0 unspecified atom stereocenters. The fourth-order valence-electron chi connectivity index (χ4n) is 2.81. The predicted molar refractivity (Wildman–Crippen MR) is 112 cm³/mol. The largest absolute Gasteiger partial charge is 0.393 e. The van der Waals surface area contributed by atoms with E-state index in [4.69, 9.17) is 14.8 Å². The van der Waals surface area contributed by atoms with Gasteiger partial charge in [-0.3, -0.25) is 4.98 Å². The highest BCUT2D eigenvalue weighted by atomic mass is 32.1. The molecule has 0 aliphatic carbocycles. The third-order valence-electron chi connectivity index (χ3n) is 4.19. The van der Waals surface area contributed by atoms with Gasteiger partial charge in [0.2, 0.25) is 0 Å². The molecule has 140 valence electrons. The van der Waals surface area contributed by atoms with Crippen molar-refractivity contribution in [1.82, 2.24) is 15.0 Å². The minimum Gasteiger partial charge on any atom is -0.393 e. The Morgan fingerprint density at radius 1 is 1.22 bits per heavy atom. The number of aryl methyl sites for hydroxylation is 1. The van der Waals surface area contributed by atoms with Crippen molar-refractivity contribution in [3.63, 3.8) is 0 Å². The fourth-order valence-corrected chi connectivity index (χ4v) is 5.07. The van der Waals surface area contributed by atoms with Crippen LogP contribution < -0.4 is 4.90 Å². The molecule has 0 N–H and O–H groups in total. The number of anilines is 1. The Kier molecular flexibility index (Phi) is 4.92. The van der Waals surface area contributed by atoms with Gasteiger partial charge in [0.25, 0.3) is 0 Å². The van der Waals surface area contributed by atoms with E-state index in [2.05, 4.69) is 22.1 Å². The van der Waals surface area contributed by atoms with E-state index in [-0.39, 0.29) is 6.10 Å². The first-order valence-corrected chi connectivity index (χ1v) is 10.5. The molecule has 0 amide bonds. The Labute approximate surface area is 166 Å². The lowest BCUT2D eigenvalue weighted by atomic mass is 10.1. The number of hydrogen-bond donors (Lipinski definition) is 0. The Hall–Kier alpha value is -2.32. The number of pyridine rings is 1. The number of hydrogen-bond acceptors (Lipinski definition) is 8.